The minimum Gasteiger partial charge on any atom is -0.398 e. The van der Waals surface area contributed by atoms with Crippen LogP contribution in [0.1, 0.15) is 21.5 Å². The van der Waals surface area contributed by atoms with E-state index in [9.17, 15) is 4.79 Å². The van der Waals surface area contributed by atoms with E-state index in [0.29, 0.717) is 17.9 Å². The van der Waals surface area contributed by atoms with Crippen LogP contribution in [-0.4, -0.2) is 13.0 Å². The molecular formula is C16H17BrN2O2. The zero-order chi connectivity index (χ0) is 15.4. The Hall–Kier alpha value is -1.85. The van der Waals surface area contributed by atoms with Crippen molar-refractivity contribution in [1.29, 1.82) is 0 Å². The van der Waals surface area contributed by atoms with Crippen LogP contribution in [0.4, 0.5) is 11.4 Å². The maximum atomic E-state index is 12.4. The van der Waals surface area contributed by atoms with Crippen molar-refractivity contribution in [3.8, 4) is 0 Å². The molecule has 0 radical (unpaired) electrons. The number of hydrogen-bond acceptors (Lipinski definition) is 3. The number of nitrogen functional groups attached to an aromatic ring is 1. The molecule has 110 valence electrons. The number of rotatable bonds is 4. The van der Waals surface area contributed by atoms with Gasteiger partial charge in [0.2, 0.25) is 0 Å². The molecule has 0 saturated heterocycles. The number of hydrogen-bond donors (Lipinski definition) is 2. The van der Waals surface area contributed by atoms with Crippen molar-refractivity contribution in [2.24, 2.45) is 0 Å². The van der Waals surface area contributed by atoms with Crippen LogP contribution in [0.25, 0.3) is 0 Å². The van der Waals surface area contributed by atoms with Crippen LogP contribution in [0, 0.1) is 6.92 Å². The predicted molar refractivity (Wildman–Crippen MR) is 88.4 cm³/mol. The first-order chi connectivity index (χ1) is 10.0. The first kappa shape index (κ1) is 15.5. The molecule has 21 heavy (non-hydrogen) atoms. The van der Waals surface area contributed by atoms with Gasteiger partial charge in [-0.1, -0.05) is 28.1 Å². The normalized spacial score (nSPS) is 10.4. The zero-order valence-electron chi connectivity index (χ0n) is 11.9. The number of nitrogens with one attached hydrogen (secondary N) is 1. The SMILES string of the molecule is COCc1cccc(NC(=O)c2cc(Br)cc(N)c2C)c1. The predicted octanol–water partition coefficient (Wildman–Crippen LogP) is 3.74. The van der Waals surface area contributed by atoms with E-state index in [2.05, 4.69) is 21.2 Å². The van der Waals surface area contributed by atoms with Crippen molar-refractivity contribution in [2.45, 2.75) is 13.5 Å². The maximum absolute atomic E-state index is 12.4. The average molecular weight is 349 g/mol. The van der Waals surface area contributed by atoms with Gasteiger partial charge in [-0.15, -0.1) is 0 Å². The largest absolute Gasteiger partial charge is 0.398 e. The van der Waals surface area contributed by atoms with E-state index in [0.717, 1.165) is 21.3 Å². The topological polar surface area (TPSA) is 64.3 Å². The highest BCUT2D eigenvalue weighted by molar-refractivity contribution is 9.10. The van der Waals surface area contributed by atoms with Crippen LogP contribution in [-0.2, 0) is 11.3 Å². The Morgan fingerprint density at radius 3 is 2.81 bits per heavy atom. The first-order valence-electron chi connectivity index (χ1n) is 6.46. The third kappa shape index (κ3) is 3.83. The Morgan fingerprint density at radius 2 is 2.10 bits per heavy atom. The molecule has 2 aromatic rings. The number of carbonyl (C=O) groups excluding carboxylic acids is 1. The van der Waals surface area contributed by atoms with E-state index < -0.39 is 0 Å². The van der Waals surface area contributed by atoms with Gasteiger partial charge in [-0.2, -0.15) is 0 Å². The minimum atomic E-state index is -0.185. The van der Waals surface area contributed by atoms with Gasteiger partial charge in [-0.3, -0.25) is 4.79 Å². The molecule has 0 aromatic heterocycles. The fourth-order valence-corrected chi connectivity index (χ4v) is 2.52. The lowest BCUT2D eigenvalue weighted by molar-refractivity contribution is 0.102. The number of ether oxygens (including phenoxy) is 1. The zero-order valence-corrected chi connectivity index (χ0v) is 13.5. The Labute approximate surface area is 132 Å². The molecule has 0 spiro atoms. The molecule has 0 aliphatic heterocycles. The summed E-state index contributed by atoms with van der Waals surface area (Å²) >= 11 is 3.36. The molecule has 2 rings (SSSR count). The van der Waals surface area contributed by atoms with Gasteiger partial charge in [0, 0.05) is 28.5 Å². The number of carbonyl (C=O) groups is 1. The second kappa shape index (κ2) is 6.74. The van der Waals surface area contributed by atoms with Gasteiger partial charge in [0.1, 0.15) is 0 Å². The molecule has 5 heteroatoms. The number of methoxy groups -OCH3 is 1. The van der Waals surface area contributed by atoms with Crippen molar-refractivity contribution in [3.05, 3.63) is 57.6 Å². The highest BCUT2D eigenvalue weighted by atomic mass is 79.9. The quantitative estimate of drug-likeness (QED) is 0.827. The molecule has 0 bridgehead atoms. The van der Waals surface area contributed by atoms with E-state index in [-0.39, 0.29) is 5.91 Å². The van der Waals surface area contributed by atoms with Gasteiger partial charge < -0.3 is 15.8 Å². The lowest BCUT2D eigenvalue weighted by Crippen LogP contribution is -2.14. The molecule has 0 aliphatic rings. The number of nitrogens with two attached hydrogens (primary N) is 1. The Bertz CT molecular complexity index is 671. The van der Waals surface area contributed by atoms with Crippen LogP contribution >= 0.6 is 15.9 Å². The fraction of sp³-hybridized carbons (Fsp3) is 0.188. The molecule has 3 N–H and O–H groups in total. The van der Waals surface area contributed by atoms with E-state index in [1.165, 1.54) is 0 Å². The van der Waals surface area contributed by atoms with E-state index >= 15 is 0 Å². The minimum absolute atomic E-state index is 0.185. The molecule has 0 unspecified atom stereocenters. The number of anilines is 2. The van der Waals surface area contributed by atoms with Crippen LogP contribution in [0.5, 0.6) is 0 Å². The van der Waals surface area contributed by atoms with Crippen molar-refractivity contribution in [1.82, 2.24) is 0 Å². The van der Waals surface area contributed by atoms with E-state index in [1.807, 2.05) is 31.2 Å². The molecule has 2 aromatic carbocycles. The summed E-state index contributed by atoms with van der Waals surface area (Å²) in [5.74, 6) is -0.185. The van der Waals surface area contributed by atoms with Crippen LogP contribution in [0.3, 0.4) is 0 Å². The number of amides is 1. The van der Waals surface area contributed by atoms with Gasteiger partial charge in [-0.25, -0.2) is 0 Å². The van der Waals surface area contributed by atoms with Crippen molar-refractivity contribution in [2.75, 3.05) is 18.2 Å². The Kier molecular flexibility index (Phi) is 4.98. The van der Waals surface area contributed by atoms with Crippen LogP contribution < -0.4 is 11.1 Å². The summed E-state index contributed by atoms with van der Waals surface area (Å²) in [7, 11) is 1.64. The summed E-state index contributed by atoms with van der Waals surface area (Å²) in [6.45, 7) is 2.34. The molecular weight excluding hydrogens is 332 g/mol. The van der Waals surface area contributed by atoms with Crippen molar-refractivity contribution < 1.29 is 9.53 Å². The summed E-state index contributed by atoms with van der Waals surface area (Å²) in [5, 5.41) is 2.88. The summed E-state index contributed by atoms with van der Waals surface area (Å²) in [4.78, 5) is 12.4. The monoisotopic (exact) mass is 348 g/mol. The lowest BCUT2D eigenvalue weighted by Gasteiger charge is -2.11. The second-order valence-corrected chi connectivity index (χ2v) is 5.67. The standard InChI is InChI=1S/C16H17BrN2O2/c1-10-14(7-12(17)8-15(10)18)16(20)19-13-5-3-4-11(6-13)9-21-2/h3-8H,9,18H2,1-2H3,(H,19,20). The molecule has 0 atom stereocenters. The Morgan fingerprint density at radius 1 is 1.33 bits per heavy atom. The van der Waals surface area contributed by atoms with Gasteiger partial charge in [0.25, 0.3) is 5.91 Å². The highest BCUT2D eigenvalue weighted by Gasteiger charge is 2.12. The Balaban J connectivity index is 2.24. The molecule has 4 nitrogen and oxygen atoms in total. The van der Waals surface area contributed by atoms with Crippen molar-refractivity contribution in [3.63, 3.8) is 0 Å². The maximum Gasteiger partial charge on any atom is 0.256 e. The summed E-state index contributed by atoms with van der Waals surface area (Å²) in [5.41, 5.74) is 9.53. The average Bonchev–Trinajstić information content (AvgIpc) is 2.43. The summed E-state index contributed by atoms with van der Waals surface area (Å²) < 4.78 is 5.87. The van der Waals surface area contributed by atoms with Gasteiger partial charge >= 0.3 is 0 Å². The smallest absolute Gasteiger partial charge is 0.256 e. The third-order valence-electron chi connectivity index (χ3n) is 3.15. The summed E-state index contributed by atoms with van der Waals surface area (Å²) in [6, 6.07) is 11.1. The summed E-state index contributed by atoms with van der Waals surface area (Å²) in [6.07, 6.45) is 0. The van der Waals surface area contributed by atoms with Gasteiger partial charge in [0.15, 0.2) is 0 Å². The number of benzene rings is 2. The molecule has 0 saturated carbocycles. The molecule has 0 aliphatic carbocycles. The van der Waals surface area contributed by atoms with E-state index in [1.54, 1.807) is 19.2 Å². The molecule has 0 heterocycles. The van der Waals surface area contributed by atoms with Gasteiger partial charge in [0.05, 0.1) is 6.61 Å². The molecule has 1 amide bonds. The highest BCUT2D eigenvalue weighted by Crippen LogP contribution is 2.24. The fourth-order valence-electron chi connectivity index (χ4n) is 2.04. The molecule has 0 fully saturated rings. The first-order valence-corrected chi connectivity index (χ1v) is 7.25. The van der Waals surface area contributed by atoms with Crippen LogP contribution in [0.15, 0.2) is 40.9 Å². The van der Waals surface area contributed by atoms with Crippen LogP contribution in [0.2, 0.25) is 0 Å². The second-order valence-electron chi connectivity index (χ2n) is 4.76. The third-order valence-corrected chi connectivity index (χ3v) is 3.61. The lowest BCUT2D eigenvalue weighted by atomic mass is 10.1. The van der Waals surface area contributed by atoms with E-state index in [4.69, 9.17) is 10.5 Å². The number of halogens is 1. The van der Waals surface area contributed by atoms with Crippen molar-refractivity contribution >= 4 is 33.2 Å². The van der Waals surface area contributed by atoms with Gasteiger partial charge in [-0.05, 0) is 42.3 Å².